The number of nitrogens with zero attached hydrogens (tertiary/aromatic N) is 1. The van der Waals surface area contributed by atoms with Gasteiger partial charge in [0.2, 0.25) is 0 Å². The molecule has 0 saturated heterocycles. The maximum atomic E-state index is 12.7. The van der Waals surface area contributed by atoms with Crippen molar-refractivity contribution >= 4 is 11.9 Å². The van der Waals surface area contributed by atoms with Crippen molar-refractivity contribution in [3.63, 3.8) is 0 Å². The van der Waals surface area contributed by atoms with Crippen LogP contribution in [0.15, 0.2) is 18.2 Å². The van der Waals surface area contributed by atoms with Gasteiger partial charge >= 0.3 is 5.97 Å². The van der Waals surface area contributed by atoms with E-state index in [0.29, 0.717) is 23.6 Å². The summed E-state index contributed by atoms with van der Waals surface area (Å²) in [7, 11) is 4.39. The number of esters is 1. The summed E-state index contributed by atoms with van der Waals surface area (Å²) in [6.07, 6.45) is 0.154. The molecule has 0 atom stereocenters. The second-order valence-corrected chi connectivity index (χ2v) is 5.02. The van der Waals surface area contributed by atoms with Crippen LogP contribution in [0, 0.1) is 0 Å². The van der Waals surface area contributed by atoms with Gasteiger partial charge in [-0.1, -0.05) is 0 Å². The molecule has 0 fully saturated rings. The van der Waals surface area contributed by atoms with E-state index in [4.69, 9.17) is 9.47 Å². The minimum absolute atomic E-state index is 0.0469. The lowest BCUT2D eigenvalue weighted by Crippen LogP contribution is -2.38. The highest BCUT2D eigenvalue weighted by molar-refractivity contribution is 5.95. The molecule has 1 rings (SSSR count). The monoisotopic (exact) mass is 309 g/mol. The van der Waals surface area contributed by atoms with Crippen molar-refractivity contribution in [2.24, 2.45) is 0 Å². The van der Waals surface area contributed by atoms with Gasteiger partial charge in [0.05, 0.1) is 27.8 Å². The van der Waals surface area contributed by atoms with Crippen molar-refractivity contribution in [2.45, 2.75) is 26.3 Å². The summed E-state index contributed by atoms with van der Waals surface area (Å²) < 4.78 is 15.0. The molecule has 1 amide bonds. The fourth-order valence-corrected chi connectivity index (χ4v) is 2.00. The molecule has 0 saturated carbocycles. The number of hydrogen-bond acceptors (Lipinski definition) is 5. The van der Waals surface area contributed by atoms with Gasteiger partial charge in [-0.2, -0.15) is 0 Å². The van der Waals surface area contributed by atoms with E-state index in [1.165, 1.54) is 21.3 Å². The average molecular weight is 309 g/mol. The summed E-state index contributed by atoms with van der Waals surface area (Å²) in [4.78, 5) is 25.6. The van der Waals surface area contributed by atoms with Crippen LogP contribution in [0.5, 0.6) is 11.5 Å². The van der Waals surface area contributed by atoms with E-state index in [-0.39, 0.29) is 24.3 Å². The van der Waals surface area contributed by atoms with Crippen molar-refractivity contribution in [3.05, 3.63) is 23.8 Å². The van der Waals surface area contributed by atoms with Gasteiger partial charge in [0.1, 0.15) is 11.5 Å². The first-order chi connectivity index (χ1) is 10.4. The molecule has 0 heterocycles. The zero-order chi connectivity index (χ0) is 16.7. The summed E-state index contributed by atoms with van der Waals surface area (Å²) in [5, 5.41) is 0. The number of rotatable bonds is 7. The fraction of sp³-hybridized carbons (Fsp3) is 0.500. The molecule has 1 aromatic rings. The lowest BCUT2D eigenvalue weighted by Gasteiger charge is -2.26. The second kappa shape index (κ2) is 8.26. The molecular weight excluding hydrogens is 286 g/mol. The largest absolute Gasteiger partial charge is 0.497 e. The number of methoxy groups -OCH3 is 3. The van der Waals surface area contributed by atoms with Gasteiger partial charge in [-0.05, 0) is 26.0 Å². The van der Waals surface area contributed by atoms with E-state index < -0.39 is 0 Å². The van der Waals surface area contributed by atoms with E-state index in [9.17, 15) is 9.59 Å². The third kappa shape index (κ3) is 4.65. The van der Waals surface area contributed by atoms with E-state index in [2.05, 4.69) is 4.74 Å². The third-order valence-electron chi connectivity index (χ3n) is 3.27. The first-order valence-corrected chi connectivity index (χ1v) is 7.03. The molecule has 0 radical (unpaired) electrons. The molecule has 0 aliphatic heterocycles. The molecule has 0 bridgehead atoms. The van der Waals surface area contributed by atoms with Gasteiger partial charge < -0.3 is 19.1 Å². The van der Waals surface area contributed by atoms with Crippen LogP contribution in [-0.4, -0.2) is 50.7 Å². The summed E-state index contributed by atoms with van der Waals surface area (Å²) in [5.41, 5.74) is 0.453. The number of carbonyl (C=O) groups is 2. The zero-order valence-corrected chi connectivity index (χ0v) is 13.7. The molecule has 0 unspecified atom stereocenters. The van der Waals surface area contributed by atoms with Crippen LogP contribution in [0.1, 0.15) is 30.6 Å². The normalized spacial score (nSPS) is 10.3. The molecule has 1 aromatic carbocycles. The quantitative estimate of drug-likeness (QED) is 0.722. The smallest absolute Gasteiger partial charge is 0.307 e. The van der Waals surface area contributed by atoms with Crippen LogP contribution < -0.4 is 9.47 Å². The Kier molecular flexibility index (Phi) is 6.69. The Hall–Kier alpha value is -2.24. The lowest BCUT2D eigenvalue weighted by atomic mass is 10.1. The maximum absolute atomic E-state index is 12.7. The highest BCUT2D eigenvalue weighted by Gasteiger charge is 2.21. The fourth-order valence-electron chi connectivity index (χ4n) is 2.00. The number of carbonyl (C=O) groups excluding carboxylic acids is 2. The van der Waals surface area contributed by atoms with Gasteiger partial charge in [-0.3, -0.25) is 9.59 Å². The lowest BCUT2D eigenvalue weighted by molar-refractivity contribution is -0.140. The first kappa shape index (κ1) is 17.8. The first-order valence-electron chi connectivity index (χ1n) is 7.03. The number of ether oxygens (including phenoxy) is 3. The molecule has 122 valence electrons. The molecule has 0 aromatic heterocycles. The van der Waals surface area contributed by atoms with Gasteiger partial charge in [-0.15, -0.1) is 0 Å². The summed E-state index contributed by atoms with van der Waals surface area (Å²) in [6, 6.07) is 4.95. The highest BCUT2D eigenvalue weighted by atomic mass is 16.5. The predicted molar refractivity (Wildman–Crippen MR) is 82.4 cm³/mol. The summed E-state index contributed by atoms with van der Waals surface area (Å²) in [6.45, 7) is 4.09. The standard InChI is InChI=1S/C16H23NO5/c1-11(2)17(7-6-15(18)22-5)16(19)12-8-13(20-3)10-14(9-12)21-4/h8-11H,6-7H2,1-5H3. The summed E-state index contributed by atoms with van der Waals surface area (Å²) in [5.74, 6) is 0.552. The van der Waals surface area contributed by atoms with Crippen LogP contribution in [-0.2, 0) is 9.53 Å². The van der Waals surface area contributed by atoms with Gasteiger partial charge in [-0.25, -0.2) is 0 Å². The predicted octanol–water partition coefficient (Wildman–Crippen LogP) is 2.12. The van der Waals surface area contributed by atoms with Gasteiger partial charge in [0.15, 0.2) is 0 Å². The minimum Gasteiger partial charge on any atom is -0.497 e. The molecule has 22 heavy (non-hydrogen) atoms. The minimum atomic E-state index is -0.346. The van der Waals surface area contributed by atoms with Crippen molar-refractivity contribution in [2.75, 3.05) is 27.9 Å². The van der Waals surface area contributed by atoms with Crippen LogP contribution in [0.25, 0.3) is 0 Å². The average Bonchev–Trinajstić information content (AvgIpc) is 2.53. The number of benzene rings is 1. The Morgan fingerprint density at radius 1 is 1.05 bits per heavy atom. The second-order valence-electron chi connectivity index (χ2n) is 5.02. The molecule has 0 N–H and O–H groups in total. The third-order valence-corrected chi connectivity index (χ3v) is 3.27. The molecular formula is C16H23NO5. The Bertz CT molecular complexity index is 505. The molecule has 6 nitrogen and oxygen atoms in total. The molecule has 0 aliphatic rings. The highest BCUT2D eigenvalue weighted by Crippen LogP contribution is 2.24. The summed E-state index contributed by atoms with van der Waals surface area (Å²) >= 11 is 0. The van der Waals surface area contributed by atoms with Crippen molar-refractivity contribution in [1.82, 2.24) is 4.90 Å². The van der Waals surface area contributed by atoms with Crippen molar-refractivity contribution < 1.29 is 23.8 Å². The van der Waals surface area contributed by atoms with E-state index >= 15 is 0 Å². The Morgan fingerprint density at radius 3 is 2.00 bits per heavy atom. The van der Waals surface area contributed by atoms with E-state index in [1.807, 2.05) is 13.8 Å². The van der Waals surface area contributed by atoms with Gasteiger partial charge in [0, 0.05) is 24.2 Å². The Labute approximate surface area is 131 Å². The van der Waals surface area contributed by atoms with E-state index in [1.54, 1.807) is 23.1 Å². The molecule has 0 aliphatic carbocycles. The van der Waals surface area contributed by atoms with Crippen LogP contribution >= 0.6 is 0 Å². The number of amides is 1. The zero-order valence-electron chi connectivity index (χ0n) is 13.7. The van der Waals surface area contributed by atoms with Gasteiger partial charge in [0.25, 0.3) is 5.91 Å². The maximum Gasteiger partial charge on any atom is 0.307 e. The van der Waals surface area contributed by atoms with Crippen LogP contribution in [0.3, 0.4) is 0 Å². The van der Waals surface area contributed by atoms with Crippen molar-refractivity contribution in [1.29, 1.82) is 0 Å². The SMILES string of the molecule is COC(=O)CCN(C(=O)c1cc(OC)cc(OC)c1)C(C)C. The van der Waals surface area contributed by atoms with Crippen molar-refractivity contribution in [3.8, 4) is 11.5 Å². The Balaban J connectivity index is 3.00. The molecule has 6 heteroatoms. The number of hydrogen-bond donors (Lipinski definition) is 0. The van der Waals surface area contributed by atoms with Crippen LogP contribution in [0.2, 0.25) is 0 Å². The van der Waals surface area contributed by atoms with Crippen LogP contribution in [0.4, 0.5) is 0 Å². The Morgan fingerprint density at radius 2 is 1.59 bits per heavy atom. The van der Waals surface area contributed by atoms with E-state index in [0.717, 1.165) is 0 Å². The topological polar surface area (TPSA) is 65.1 Å². The molecule has 0 spiro atoms.